The van der Waals surface area contributed by atoms with Gasteiger partial charge in [0.15, 0.2) is 0 Å². The summed E-state index contributed by atoms with van der Waals surface area (Å²) in [4.78, 5) is 11.7. The summed E-state index contributed by atoms with van der Waals surface area (Å²) in [6, 6.07) is 4.88. The molecule has 3 nitrogen and oxygen atoms in total. The lowest BCUT2D eigenvalue weighted by atomic mass is 10.1. The van der Waals surface area contributed by atoms with Crippen LogP contribution in [0, 0.1) is 0 Å². The van der Waals surface area contributed by atoms with E-state index in [1.54, 1.807) is 30.0 Å². The molecule has 0 spiro atoms. The van der Waals surface area contributed by atoms with E-state index in [2.05, 4.69) is 5.32 Å². The highest BCUT2D eigenvalue weighted by Crippen LogP contribution is 2.17. The van der Waals surface area contributed by atoms with Crippen molar-refractivity contribution in [2.45, 2.75) is 6.42 Å². The molecule has 0 aromatic heterocycles. The van der Waals surface area contributed by atoms with Gasteiger partial charge in [-0.05, 0) is 36.6 Å². The molecule has 1 rings (SSSR count). The number of thioether (sulfide) groups is 1. The molecule has 0 atom stereocenters. The standard InChI is InChI=1S/C11H15ClN2OS/c1-16-6-2-5-14-11(15)9-4-3-8(12)7-10(9)13/h3-4,7H,2,5-6,13H2,1H3,(H,14,15). The van der Waals surface area contributed by atoms with Crippen molar-refractivity contribution in [2.24, 2.45) is 0 Å². The van der Waals surface area contributed by atoms with Gasteiger partial charge in [0.1, 0.15) is 0 Å². The van der Waals surface area contributed by atoms with Crippen LogP contribution in [-0.4, -0.2) is 24.5 Å². The van der Waals surface area contributed by atoms with Crippen LogP contribution in [0.2, 0.25) is 5.02 Å². The molecule has 0 unspecified atom stereocenters. The SMILES string of the molecule is CSCCCNC(=O)c1ccc(Cl)cc1N. The molecular weight excluding hydrogens is 244 g/mol. The summed E-state index contributed by atoms with van der Waals surface area (Å²) in [5.41, 5.74) is 6.60. The van der Waals surface area contributed by atoms with Crippen LogP contribution >= 0.6 is 23.4 Å². The van der Waals surface area contributed by atoms with Crippen LogP contribution in [0.5, 0.6) is 0 Å². The zero-order valence-corrected chi connectivity index (χ0v) is 10.7. The van der Waals surface area contributed by atoms with Crippen molar-refractivity contribution in [1.29, 1.82) is 0 Å². The van der Waals surface area contributed by atoms with Crippen LogP contribution in [0.1, 0.15) is 16.8 Å². The number of halogens is 1. The predicted octanol–water partition coefficient (Wildman–Crippen LogP) is 2.41. The molecule has 0 radical (unpaired) electrons. The van der Waals surface area contributed by atoms with Gasteiger partial charge in [-0.1, -0.05) is 11.6 Å². The van der Waals surface area contributed by atoms with E-state index in [9.17, 15) is 4.79 Å². The van der Waals surface area contributed by atoms with E-state index in [0.29, 0.717) is 22.8 Å². The number of rotatable bonds is 5. The zero-order chi connectivity index (χ0) is 12.0. The molecule has 1 aromatic rings. The highest BCUT2D eigenvalue weighted by molar-refractivity contribution is 7.98. The van der Waals surface area contributed by atoms with Crippen LogP contribution in [0.15, 0.2) is 18.2 Å². The summed E-state index contributed by atoms with van der Waals surface area (Å²) in [7, 11) is 0. The van der Waals surface area contributed by atoms with Gasteiger partial charge >= 0.3 is 0 Å². The summed E-state index contributed by atoms with van der Waals surface area (Å²) in [6.45, 7) is 0.668. The number of carbonyl (C=O) groups excluding carboxylic acids is 1. The average molecular weight is 259 g/mol. The van der Waals surface area contributed by atoms with Crippen molar-refractivity contribution in [3.8, 4) is 0 Å². The maximum atomic E-state index is 11.7. The van der Waals surface area contributed by atoms with Crippen LogP contribution < -0.4 is 11.1 Å². The maximum Gasteiger partial charge on any atom is 0.253 e. The van der Waals surface area contributed by atoms with E-state index in [1.165, 1.54) is 0 Å². The lowest BCUT2D eigenvalue weighted by Gasteiger charge is -2.07. The zero-order valence-electron chi connectivity index (χ0n) is 9.13. The Morgan fingerprint density at radius 3 is 2.94 bits per heavy atom. The van der Waals surface area contributed by atoms with Gasteiger partial charge < -0.3 is 11.1 Å². The molecule has 0 fully saturated rings. The minimum Gasteiger partial charge on any atom is -0.398 e. The molecule has 3 N–H and O–H groups in total. The van der Waals surface area contributed by atoms with Crippen LogP contribution in [0.25, 0.3) is 0 Å². The van der Waals surface area contributed by atoms with Crippen molar-refractivity contribution in [3.05, 3.63) is 28.8 Å². The third-order valence-corrected chi connectivity index (χ3v) is 3.00. The smallest absolute Gasteiger partial charge is 0.253 e. The molecule has 0 aliphatic carbocycles. The minimum atomic E-state index is -0.143. The van der Waals surface area contributed by atoms with E-state index < -0.39 is 0 Å². The third kappa shape index (κ3) is 3.94. The second kappa shape index (κ2) is 6.66. The monoisotopic (exact) mass is 258 g/mol. The Labute approximate surface area is 105 Å². The van der Waals surface area contributed by atoms with Gasteiger partial charge in [0.25, 0.3) is 5.91 Å². The summed E-state index contributed by atoms with van der Waals surface area (Å²) >= 11 is 7.51. The molecule has 0 bridgehead atoms. The first kappa shape index (κ1) is 13.2. The maximum absolute atomic E-state index is 11.7. The van der Waals surface area contributed by atoms with Crippen LogP contribution in [0.3, 0.4) is 0 Å². The van der Waals surface area contributed by atoms with Crippen molar-refractivity contribution in [2.75, 3.05) is 24.3 Å². The van der Waals surface area contributed by atoms with E-state index in [4.69, 9.17) is 17.3 Å². The number of nitrogen functional groups attached to an aromatic ring is 1. The Morgan fingerprint density at radius 2 is 2.31 bits per heavy atom. The van der Waals surface area contributed by atoms with Crippen molar-refractivity contribution >= 4 is 35.0 Å². The van der Waals surface area contributed by atoms with Gasteiger partial charge in [0.2, 0.25) is 0 Å². The van der Waals surface area contributed by atoms with Crippen molar-refractivity contribution in [3.63, 3.8) is 0 Å². The summed E-state index contributed by atoms with van der Waals surface area (Å²) in [5, 5.41) is 3.36. The largest absolute Gasteiger partial charge is 0.398 e. The second-order valence-electron chi connectivity index (χ2n) is 3.33. The summed E-state index contributed by atoms with van der Waals surface area (Å²) < 4.78 is 0. The molecule has 0 aliphatic rings. The number of amides is 1. The Morgan fingerprint density at radius 1 is 1.56 bits per heavy atom. The van der Waals surface area contributed by atoms with Gasteiger partial charge in [0.05, 0.1) is 5.56 Å². The quantitative estimate of drug-likeness (QED) is 0.630. The number of nitrogens with one attached hydrogen (secondary N) is 1. The van der Waals surface area contributed by atoms with Crippen LogP contribution in [0.4, 0.5) is 5.69 Å². The first-order valence-corrected chi connectivity index (χ1v) is 6.74. The van der Waals surface area contributed by atoms with Crippen LogP contribution in [-0.2, 0) is 0 Å². The minimum absolute atomic E-state index is 0.143. The van der Waals surface area contributed by atoms with Gasteiger partial charge in [0, 0.05) is 17.3 Å². The van der Waals surface area contributed by atoms with E-state index in [1.807, 2.05) is 6.26 Å². The number of anilines is 1. The Kier molecular flexibility index (Phi) is 5.49. The van der Waals surface area contributed by atoms with Gasteiger partial charge in [-0.2, -0.15) is 11.8 Å². The lowest BCUT2D eigenvalue weighted by Crippen LogP contribution is -2.25. The fourth-order valence-corrected chi connectivity index (χ4v) is 1.87. The highest BCUT2D eigenvalue weighted by atomic mass is 35.5. The molecule has 0 heterocycles. The Bertz CT molecular complexity index is 371. The molecule has 1 aromatic carbocycles. The fraction of sp³-hybridized carbons (Fsp3) is 0.364. The summed E-state index contributed by atoms with van der Waals surface area (Å²) in [6.07, 6.45) is 3.00. The molecule has 16 heavy (non-hydrogen) atoms. The number of carbonyl (C=O) groups is 1. The predicted molar refractivity (Wildman–Crippen MR) is 71.2 cm³/mol. The fourth-order valence-electron chi connectivity index (χ4n) is 1.25. The Balaban J connectivity index is 2.53. The van der Waals surface area contributed by atoms with Gasteiger partial charge in [-0.15, -0.1) is 0 Å². The van der Waals surface area contributed by atoms with Crippen molar-refractivity contribution in [1.82, 2.24) is 5.32 Å². The van der Waals surface area contributed by atoms with Gasteiger partial charge in [-0.3, -0.25) is 4.79 Å². The molecule has 88 valence electrons. The topological polar surface area (TPSA) is 55.1 Å². The number of hydrogen-bond acceptors (Lipinski definition) is 3. The van der Waals surface area contributed by atoms with Crippen molar-refractivity contribution < 1.29 is 4.79 Å². The normalized spacial score (nSPS) is 10.1. The number of nitrogens with two attached hydrogens (primary N) is 1. The first-order chi connectivity index (χ1) is 7.65. The second-order valence-corrected chi connectivity index (χ2v) is 4.76. The first-order valence-electron chi connectivity index (χ1n) is 4.97. The molecule has 5 heteroatoms. The number of benzene rings is 1. The number of hydrogen-bond donors (Lipinski definition) is 2. The summed E-state index contributed by atoms with van der Waals surface area (Å²) in [5.74, 6) is 0.895. The Hall–Kier alpha value is -0.870. The molecule has 0 saturated carbocycles. The van der Waals surface area contributed by atoms with E-state index >= 15 is 0 Å². The molecule has 1 amide bonds. The molecule has 0 aliphatic heterocycles. The lowest BCUT2D eigenvalue weighted by molar-refractivity contribution is 0.0954. The average Bonchev–Trinajstić information content (AvgIpc) is 2.24. The van der Waals surface area contributed by atoms with E-state index in [0.717, 1.165) is 12.2 Å². The highest BCUT2D eigenvalue weighted by Gasteiger charge is 2.08. The van der Waals surface area contributed by atoms with E-state index in [-0.39, 0.29) is 5.91 Å². The molecule has 0 saturated heterocycles. The third-order valence-electron chi connectivity index (χ3n) is 2.07. The van der Waals surface area contributed by atoms with Gasteiger partial charge in [-0.25, -0.2) is 0 Å². The molecular formula is C11H15ClN2OS.